The van der Waals surface area contributed by atoms with E-state index >= 15 is 0 Å². The predicted octanol–water partition coefficient (Wildman–Crippen LogP) is 1.09. The maximum absolute atomic E-state index is 13.6. The Labute approximate surface area is 169 Å². The molecule has 0 aromatic heterocycles. The Morgan fingerprint density at radius 3 is 2.90 bits per heavy atom. The van der Waals surface area contributed by atoms with E-state index in [4.69, 9.17) is 9.47 Å². The quantitative estimate of drug-likeness (QED) is 0.721. The van der Waals surface area contributed by atoms with Crippen LogP contribution in [0.25, 0.3) is 0 Å². The van der Waals surface area contributed by atoms with Gasteiger partial charge < -0.3 is 19.9 Å². The minimum Gasteiger partial charge on any atom is -0.495 e. The SMILES string of the molecule is COC(=O)[C@]12CC[C@@]34CC(=O)[C@H]5CN(CC[C@H]3O)[C@@H]4[C@]51c1cccc(OC)c1N2. The van der Waals surface area contributed by atoms with Gasteiger partial charge in [0.2, 0.25) is 0 Å². The van der Waals surface area contributed by atoms with Crippen LogP contribution in [-0.2, 0) is 19.7 Å². The van der Waals surface area contributed by atoms with Crippen molar-refractivity contribution in [3.05, 3.63) is 23.8 Å². The van der Waals surface area contributed by atoms with Crippen LogP contribution in [0.3, 0.4) is 0 Å². The normalized spacial score (nSPS) is 44.0. The minimum atomic E-state index is -1.03. The molecule has 2 saturated heterocycles. The molecule has 5 aliphatic rings. The lowest BCUT2D eigenvalue weighted by molar-refractivity contribution is -0.178. The number of esters is 1. The molecule has 6 atom stereocenters. The molecule has 4 fully saturated rings. The number of carbonyl (C=O) groups is 2. The Morgan fingerprint density at radius 1 is 1.31 bits per heavy atom. The first kappa shape index (κ1) is 17.7. The minimum absolute atomic E-state index is 0.0739. The van der Waals surface area contributed by atoms with Crippen molar-refractivity contribution in [1.29, 1.82) is 0 Å². The number of aliphatic hydroxyl groups is 1. The molecule has 1 aromatic rings. The number of nitrogens with one attached hydrogen (secondary N) is 1. The highest BCUT2D eigenvalue weighted by molar-refractivity contribution is 5.99. The molecule has 1 spiro atoms. The summed E-state index contributed by atoms with van der Waals surface area (Å²) in [5.41, 5.74) is -0.534. The van der Waals surface area contributed by atoms with E-state index in [1.165, 1.54) is 7.11 Å². The largest absolute Gasteiger partial charge is 0.495 e. The van der Waals surface area contributed by atoms with Crippen molar-refractivity contribution in [2.24, 2.45) is 11.3 Å². The monoisotopic (exact) mass is 398 g/mol. The maximum atomic E-state index is 13.6. The lowest BCUT2D eigenvalue weighted by atomic mass is 9.41. The van der Waals surface area contributed by atoms with Gasteiger partial charge in [0, 0.05) is 36.9 Å². The van der Waals surface area contributed by atoms with Crippen LogP contribution in [0.4, 0.5) is 5.69 Å². The molecule has 6 rings (SSSR count). The molecule has 29 heavy (non-hydrogen) atoms. The number of para-hydroxylation sites is 1. The molecule has 2 saturated carbocycles. The number of aliphatic hydroxyl groups excluding tert-OH is 1. The Morgan fingerprint density at radius 2 is 2.14 bits per heavy atom. The molecule has 0 unspecified atom stereocenters. The summed E-state index contributed by atoms with van der Waals surface area (Å²) >= 11 is 0. The van der Waals surface area contributed by atoms with Gasteiger partial charge in [-0.25, -0.2) is 4.79 Å². The molecular formula is C22H26N2O5. The van der Waals surface area contributed by atoms with E-state index in [2.05, 4.69) is 10.2 Å². The first-order chi connectivity index (χ1) is 14.0. The summed E-state index contributed by atoms with van der Waals surface area (Å²) in [4.78, 5) is 29.4. The lowest BCUT2D eigenvalue weighted by Gasteiger charge is -2.65. The molecular weight excluding hydrogens is 372 g/mol. The number of carbonyl (C=O) groups excluding carboxylic acids is 2. The summed E-state index contributed by atoms with van der Waals surface area (Å²) in [6.45, 7) is 1.38. The van der Waals surface area contributed by atoms with Gasteiger partial charge in [0.1, 0.15) is 17.1 Å². The van der Waals surface area contributed by atoms with Crippen molar-refractivity contribution in [1.82, 2.24) is 4.90 Å². The zero-order chi connectivity index (χ0) is 20.2. The molecule has 0 amide bonds. The van der Waals surface area contributed by atoms with Crippen LogP contribution < -0.4 is 10.1 Å². The molecule has 2 N–H and O–H groups in total. The second kappa shape index (κ2) is 5.32. The van der Waals surface area contributed by atoms with Crippen molar-refractivity contribution in [3.8, 4) is 5.75 Å². The number of ether oxygens (including phenoxy) is 2. The van der Waals surface area contributed by atoms with Gasteiger partial charge in [-0.3, -0.25) is 9.69 Å². The number of piperidine rings is 1. The van der Waals surface area contributed by atoms with E-state index in [-0.39, 0.29) is 23.7 Å². The summed E-state index contributed by atoms with van der Waals surface area (Å²) in [6.07, 6.45) is 1.69. The summed E-state index contributed by atoms with van der Waals surface area (Å²) in [5.74, 6) is 0.203. The second-order valence-corrected chi connectivity index (χ2v) is 9.40. The Bertz CT molecular complexity index is 949. The lowest BCUT2D eigenvalue weighted by Crippen LogP contribution is -2.78. The third-order valence-corrected chi connectivity index (χ3v) is 8.79. The average Bonchev–Trinajstić information content (AvgIpc) is 3.21. The van der Waals surface area contributed by atoms with Gasteiger partial charge in [0.25, 0.3) is 0 Å². The summed E-state index contributed by atoms with van der Waals surface area (Å²) in [7, 11) is 3.03. The van der Waals surface area contributed by atoms with Crippen LogP contribution in [0.5, 0.6) is 5.75 Å². The number of anilines is 1. The number of hydrogen-bond donors (Lipinski definition) is 2. The van der Waals surface area contributed by atoms with Crippen molar-refractivity contribution >= 4 is 17.4 Å². The van der Waals surface area contributed by atoms with Crippen molar-refractivity contribution in [2.75, 3.05) is 32.6 Å². The smallest absolute Gasteiger partial charge is 0.332 e. The zero-order valence-corrected chi connectivity index (χ0v) is 16.7. The van der Waals surface area contributed by atoms with Crippen molar-refractivity contribution in [2.45, 2.75) is 48.8 Å². The molecule has 1 aromatic carbocycles. The summed E-state index contributed by atoms with van der Waals surface area (Å²) in [5, 5.41) is 14.7. The molecule has 7 nitrogen and oxygen atoms in total. The number of hydrogen-bond acceptors (Lipinski definition) is 7. The first-order valence-electron chi connectivity index (χ1n) is 10.4. The van der Waals surface area contributed by atoms with Gasteiger partial charge in [-0.2, -0.15) is 0 Å². The number of ketones is 1. The van der Waals surface area contributed by atoms with E-state index in [9.17, 15) is 14.7 Å². The fraction of sp³-hybridized carbons (Fsp3) is 0.636. The van der Waals surface area contributed by atoms with E-state index < -0.39 is 22.5 Å². The number of Topliss-reactive ketones (excluding diaryl/α,β-unsaturated/α-hetero) is 1. The van der Waals surface area contributed by atoms with Crippen LogP contribution in [0, 0.1) is 11.3 Å². The van der Waals surface area contributed by atoms with Crippen LogP contribution in [0.1, 0.15) is 31.2 Å². The topological polar surface area (TPSA) is 88.1 Å². The third kappa shape index (κ3) is 1.64. The summed E-state index contributed by atoms with van der Waals surface area (Å²) < 4.78 is 11.0. The number of rotatable bonds is 2. The maximum Gasteiger partial charge on any atom is 0.332 e. The highest BCUT2D eigenvalue weighted by atomic mass is 16.5. The van der Waals surface area contributed by atoms with Gasteiger partial charge in [0.15, 0.2) is 0 Å². The van der Waals surface area contributed by atoms with Crippen molar-refractivity contribution in [3.63, 3.8) is 0 Å². The van der Waals surface area contributed by atoms with Gasteiger partial charge in [0.05, 0.1) is 31.4 Å². The predicted molar refractivity (Wildman–Crippen MR) is 104 cm³/mol. The standard InChI is InChI=1S/C22H26N2O5/c1-28-15-5-3-4-12-17(15)23-21(19(27)29-2)8-7-20-10-14(25)13-11-24(9-6-16(20)26)18(20)22(12,13)21/h3-5,13,16,18,23,26H,6-11H2,1-2H3/t13-,16-,18+,20-,21-,22+/m1/s1. The average molecular weight is 398 g/mol. The van der Waals surface area contributed by atoms with E-state index in [1.54, 1.807) is 7.11 Å². The fourth-order valence-corrected chi connectivity index (χ4v) is 7.94. The summed E-state index contributed by atoms with van der Waals surface area (Å²) in [6, 6.07) is 5.77. The Balaban J connectivity index is 1.72. The highest BCUT2D eigenvalue weighted by Crippen LogP contribution is 2.73. The molecule has 154 valence electrons. The number of fused-ring (bicyclic) bond motifs is 1. The Kier molecular flexibility index (Phi) is 3.25. The zero-order valence-electron chi connectivity index (χ0n) is 16.7. The molecule has 2 aliphatic carbocycles. The number of benzene rings is 1. The van der Waals surface area contributed by atoms with E-state index in [1.807, 2.05) is 18.2 Å². The van der Waals surface area contributed by atoms with Gasteiger partial charge >= 0.3 is 5.97 Å². The van der Waals surface area contributed by atoms with Gasteiger partial charge in [-0.1, -0.05) is 12.1 Å². The highest BCUT2D eigenvalue weighted by Gasteiger charge is 2.83. The number of nitrogens with zero attached hydrogens (tertiary/aromatic N) is 1. The third-order valence-electron chi connectivity index (χ3n) is 8.79. The van der Waals surface area contributed by atoms with Crippen molar-refractivity contribution < 1.29 is 24.2 Å². The van der Waals surface area contributed by atoms with Gasteiger partial charge in [-0.15, -0.1) is 0 Å². The van der Waals surface area contributed by atoms with Crippen LogP contribution in [0.15, 0.2) is 18.2 Å². The van der Waals surface area contributed by atoms with Crippen LogP contribution >= 0.6 is 0 Å². The second-order valence-electron chi connectivity index (χ2n) is 9.40. The molecule has 7 heteroatoms. The van der Waals surface area contributed by atoms with Gasteiger partial charge in [-0.05, 0) is 30.9 Å². The molecule has 0 radical (unpaired) electrons. The van der Waals surface area contributed by atoms with Crippen LogP contribution in [0.2, 0.25) is 0 Å². The number of methoxy groups -OCH3 is 2. The van der Waals surface area contributed by atoms with E-state index in [0.717, 1.165) is 17.8 Å². The van der Waals surface area contributed by atoms with Crippen LogP contribution in [-0.4, -0.2) is 66.8 Å². The molecule has 3 aliphatic heterocycles. The van der Waals surface area contributed by atoms with E-state index in [0.29, 0.717) is 38.0 Å². The first-order valence-corrected chi connectivity index (χ1v) is 10.4. The molecule has 3 heterocycles. The fourth-order valence-electron chi connectivity index (χ4n) is 7.94. The Hall–Kier alpha value is -2.12. The molecule has 4 bridgehead atoms.